The Morgan fingerprint density at radius 3 is 3.00 bits per heavy atom. The van der Waals surface area contributed by atoms with Crippen molar-refractivity contribution in [3.05, 3.63) is 29.6 Å². The first kappa shape index (κ1) is 12.6. The molecule has 5 heteroatoms. The van der Waals surface area contributed by atoms with Crippen molar-refractivity contribution in [3.8, 4) is 0 Å². The largest absolute Gasteiger partial charge is 0.478 e. The molecular weight excluding hydrogens is 206 g/mol. The molecule has 0 amide bonds. The average Bonchev–Trinajstić information content (AvgIpc) is 2.29. The maximum absolute atomic E-state index is 10.7. The normalized spacial score (nSPS) is 10.3. The summed E-state index contributed by atoms with van der Waals surface area (Å²) in [5, 5.41) is 15.1. The van der Waals surface area contributed by atoms with E-state index in [-0.39, 0.29) is 5.56 Å². The van der Waals surface area contributed by atoms with E-state index in [0.717, 1.165) is 25.2 Å². The maximum Gasteiger partial charge on any atom is 0.335 e. The van der Waals surface area contributed by atoms with Gasteiger partial charge >= 0.3 is 5.97 Å². The molecule has 1 rings (SSSR count). The fraction of sp³-hybridized carbons (Fsp3) is 0.455. The van der Waals surface area contributed by atoms with Crippen LogP contribution in [0.4, 0.5) is 0 Å². The number of nitrogens with zero attached hydrogens (tertiary/aromatic N) is 1. The Labute approximate surface area is 94.9 Å². The van der Waals surface area contributed by atoms with E-state index in [0.29, 0.717) is 6.54 Å². The highest BCUT2D eigenvalue weighted by Gasteiger charge is 2.03. The zero-order valence-corrected chi connectivity index (χ0v) is 9.36. The maximum atomic E-state index is 10.7. The number of rotatable bonds is 7. The zero-order valence-electron chi connectivity index (χ0n) is 9.36. The Bertz CT molecular complexity index is 342. The van der Waals surface area contributed by atoms with Crippen LogP contribution in [-0.4, -0.2) is 36.2 Å². The molecule has 1 aromatic heterocycles. The van der Waals surface area contributed by atoms with Gasteiger partial charge in [0.25, 0.3) is 0 Å². The van der Waals surface area contributed by atoms with Crippen LogP contribution in [0, 0.1) is 0 Å². The van der Waals surface area contributed by atoms with Gasteiger partial charge in [0.2, 0.25) is 0 Å². The van der Waals surface area contributed by atoms with Gasteiger partial charge in [0.05, 0.1) is 11.3 Å². The summed E-state index contributed by atoms with van der Waals surface area (Å²) in [6.07, 6.45) is 2.56. The lowest BCUT2D eigenvalue weighted by atomic mass is 10.2. The van der Waals surface area contributed by atoms with Crippen molar-refractivity contribution >= 4 is 5.97 Å². The van der Waals surface area contributed by atoms with Crippen LogP contribution in [0.3, 0.4) is 0 Å². The SMILES string of the molecule is CNCCCNCc1cc(C(=O)O)ccn1. The van der Waals surface area contributed by atoms with E-state index in [1.54, 1.807) is 6.07 Å². The van der Waals surface area contributed by atoms with Crippen molar-refractivity contribution in [1.82, 2.24) is 15.6 Å². The van der Waals surface area contributed by atoms with Crippen LogP contribution < -0.4 is 10.6 Å². The van der Waals surface area contributed by atoms with Crippen LogP contribution in [-0.2, 0) is 6.54 Å². The number of carbonyl (C=O) groups is 1. The van der Waals surface area contributed by atoms with Crippen LogP contribution in [0.2, 0.25) is 0 Å². The molecular formula is C11H17N3O2. The van der Waals surface area contributed by atoms with Gasteiger partial charge in [-0.05, 0) is 38.7 Å². The second-order valence-corrected chi connectivity index (χ2v) is 3.47. The fourth-order valence-electron chi connectivity index (χ4n) is 1.31. The molecule has 0 saturated carbocycles. The van der Waals surface area contributed by atoms with E-state index >= 15 is 0 Å². The van der Waals surface area contributed by atoms with Gasteiger partial charge in [0.15, 0.2) is 0 Å². The molecule has 88 valence electrons. The van der Waals surface area contributed by atoms with E-state index in [1.807, 2.05) is 7.05 Å². The number of hydrogen-bond donors (Lipinski definition) is 3. The van der Waals surface area contributed by atoms with Crippen LogP contribution in [0.1, 0.15) is 22.5 Å². The summed E-state index contributed by atoms with van der Waals surface area (Å²) in [7, 11) is 1.91. The summed E-state index contributed by atoms with van der Waals surface area (Å²) in [5.74, 6) is -0.918. The Morgan fingerprint density at radius 1 is 1.50 bits per heavy atom. The number of aromatic nitrogens is 1. The first-order valence-electron chi connectivity index (χ1n) is 5.27. The van der Waals surface area contributed by atoms with Crippen LogP contribution >= 0.6 is 0 Å². The van der Waals surface area contributed by atoms with Crippen molar-refractivity contribution in [2.75, 3.05) is 20.1 Å². The van der Waals surface area contributed by atoms with Gasteiger partial charge in [-0.1, -0.05) is 0 Å². The van der Waals surface area contributed by atoms with Gasteiger partial charge < -0.3 is 15.7 Å². The van der Waals surface area contributed by atoms with Crippen molar-refractivity contribution in [1.29, 1.82) is 0 Å². The monoisotopic (exact) mass is 223 g/mol. The molecule has 3 N–H and O–H groups in total. The summed E-state index contributed by atoms with van der Waals surface area (Å²) < 4.78 is 0. The lowest BCUT2D eigenvalue weighted by Gasteiger charge is -2.04. The predicted octanol–water partition coefficient (Wildman–Crippen LogP) is 0.479. The third-order valence-electron chi connectivity index (χ3n) is 2.15. The minimum atomic E-state index is -0.918. The van der Waals surface area contributed by atoms with Crippen LogP contribution in [0.25, 0.3) is 0 Å². The molecule has 0 fully saturated rings. The molecule has 0 spiro atoms. The number of pyridine rings is 1. The molecule has 0 aliphatic heterocycles. The van der Waals surface area contributed by atoms with Crippen molar-refractivity contribution < 1.29 is 9.90 Å². The van der Waals surface area contributed by atoms with Gasteiger partial charge in [0, 0.05) is 12.7 Å². The average molecular weight is 223 g/mol. The summed E-state index contributed by atoms with van der Waals surface area (Å²) in [5.41, 5.74) is 1.03. The highest BCUT2D eigenvalue weighted by Crippen LogP contribution is 2.01. The van der Waals surface area contributed by atoms with E-state index in [1.165, 1.54) is 12.3 Å². The number of hydrogen-bond acceptors (Lipinski definition) is 4. The van der Waals surface area contributed by atoms with Gasteiger partial charge in [0.1, 0.15) is 0 Å². The van der Waals surface area contributed by atoms with Gasteiger partial charge in [-0.2, -0.15) is 0 Å². The van der Waals surface area contributed by atoms with Crippen LogP contribution in [0.15, 0.2) is 18.3 Å². The molecule has 0 aromatic carbocycles. The molecule has 0 unspecified atom stereocenters. The molecule has 0 aliphatic carbocycles. The van der Waals surface area contributed by atoms with Crippen LogP contribution in [0.5, 0.6) is 0 Å². The first-order chi connectivity index (χ1) is 7.74. The van der Waals surface area contributed by atoms with Crippen molar-refractivity contribution in [2.45, 2.75) is 13.0 Å². The summed E-state index contributed by atoms with van der Waals surface area (Å²) in [6.45, 7) is 2.46. The molecule has 0 atom stereocenters. The second-order valence-electron chi connectivity index (χ2n) is 3.47. The Hall–Kier alpha value is -1.46. The Morgan fingerprint density at radius 2 is 2.31 bits per heavy atom. The molecule has 0 radical (unpaired) electrons. The van der Waals surface area contributed by atoms with Gasteiger partial charge in [-0.15, -0.1) is 0 Å². The second kappa shape index (κ2) is 6.92. The summed E-state index contributed by atoms with van der Waals surface area (Å²) >= 11 is 0. The molecule has 1 aromatic rings. The molecule has 0 saturated heterocycles. The first-order valence-corrected chi connectivity index (χ1v) is 5.27. The minimum absolute atomic E-state index is 0.280. The third kappa shape index (κ3) is 4.37. The van der Waals surface area contributed by atoms with E-state index < -0.39 is 5.97 Å². The minimum Gasteiger partial charge on any atom is -0.478 e. The smallest absolute Gasteiger partial charge is 0.335 e. The molecule has 5 nitrogen and oxygen atoms in total. The molecule has 16 heavy (non-hydrogen) atoms. The number of nitrogens with one attached hydrogen (secondary N) is 2. The predicted molar refractivity (Wildman–Crippen MR) is 61.4 cm³/mol. The van der Waals surface area contributed by atoms with E-state index in [9.17, 15) is 4.79 Å². The highest BCUT2D eigenvalue weighted by molar-refractivity contribution is 5.87. The van der Waals surface area contributed by atoms with E-state index in [4.69, 9.17) is 5.11 Å². The molecule has 1 heterocycles. The highest BCUT2D eigenvalue weighted by atomic mass is 16.4. The lowest BCUT2D eigenvalue weighted by Crippen LogP contribution is -2.20. The number of aromatic carboxylic acids is 1. The summed E-state index contributed by atoms with van der Waals surface area (Å²) in [4.78, 5) is 14.8. The van der Waals surface area contributed by atoms with E-state index in [2.05, 4.69) is 15.6 Å². The Kier molecular flexibility index (Phi) is 5.45. The topological polar surface area (TPSA) is 74.2 Å². The van der Waals surface area contributed by atoms with Crippen molar-refractivity contribution in [3.63, 3.8) is 0 Å². The Balaban J connectivity index is 2.36. The number of carboxylic acids is 1. The summed E-state index contributed by atoms with van der Waals surface area (Å²) in [6, 6.07) is 3.08. The third-order valence-corrected chi connectivity index (χ3v) is 2.15. The zero-order chi connectivity index (χ0) is 11.8. The quantitative estimate of drug-likeness (QED) is 0.586. The standard InChI is InChI=1S/C11H17N3O2/c1-12-4-2-5-13-8-10-7-9(11(15)16)3-6-14-10/h3,6-7,12-13H,2,4-5,8H2,1H3,(H,15,16). The fourth-order valence-corrected chi connectivity index (χ4v) is 1.31. The molecule has 0 bridgehead atoms. The molecule has 0 aliphatic rings. The lowest BCUT2D eigenvalue weighted by molar-refractivity contribution is 0.0696. The van der Waals surface area contributed by atoms with Gasteiger partial charge in [-0.25, -0.2) is 4.79 Å². The van der Waals surface area contributed by atoms with Gasteiger partial charge in [-0.3, -0.25) is 4.98 Å². The van der Waals surface area contributed by atoms with Crippen molar-refractivity contribution in [2.24, 2.45) is 0 Å². The number of carboxylic acid groups (broad SMARTS) is 1.